The number of methoxy groups -OCH3 is 1. The van der Waals surface area contributed by atoms with Gasteiger partial charge in [-0.15, -0.1) is 0 Å². The average molecular weight is 273 g/mol. The molecule has 3 rings (SSSR count). The molecule has 0 aliphatic heterocycles. The fourth-order valence-electron chi connectivity index (χ4n) is 2.60. The van der Waals surface area contributed by atoms with Crippen LogP contribution in [0.5, 0.6) is 5.75 Å². The van der Waals surface area contributed by atoms with Crippen molar-refractivity contribution in [3.63, 3.8) is 0 Å². The lowest BCUT2D eigenvalue weighted by atomic mass is 9.93. The molecule has 0 radical (unpaired) electrons. The molecule has 106 valence electrons. The van der Waals surface area contributed by atoms with Crippen molar-refractivity contribution >= 4 is 16.9 Å². The molecule has 2 aromatic rings. The highest BCUT2D eigenvalue weighted by Gasteiger charge is 2.19. The quantitative estimate of drug-likeness (QED) is 0.898. The summed E-state index contributed by atoms with van der Waals surface area (Å²) in [6.45, 7) is 0. The van der Waals surface area contributed by atoms with Crippen molar-refractivity contribution in [1.29, 1.82) is 0 Å². The lowest BCUT2D eigenvalue weighted by molar-refractivity contribution is 0.126. The third-order valence-corrected chi connectivity index (χ3v) is 3.82. The van der Waals surface area contributed by atoms with E-state index in [1.807, 2.05) is 24.4 Å². The second-order valence-electron chi connectivity index (χ2n) is 5.27. The van der Waals surface area contributed by atoms with Crippen LogP contribution in [0.2, 0.25) is 0 Å². The summed E-state index contributed by atoms with van der Waals surface area (Å²) < 4.78 is 5.22. The Morgan fingerprint density at radius 2 is 2.05 bits per heavy atom. The number of fused-ring (bicyclic) bond motifs is 1. The Hall–Kier alpha value is -1.88. The second-order valence-corrected chi connectivity index (χ2v) is 5.27. The third-order valence-electron chi connectivity index (χ3n) is 3.82. The summed E-state index contributed by atoms with van der Waals surface area (Å²) >= 11 is 0. The normalized spacial score (nSPS) is 22.7. The van der Waals surface area contributed by atoms with Crippen LogP contribution in [-0.2, 0) is 0 Å². The number of rotatable bonds is 3. The summed E-state index contributed by atoms with van der Waals surface area (Å²) in [6.07, 6.45) is 5.29. The maximum absolute atomic E-state index is 9.52. The molecule has 1 aliphatic rings. The van der Waals surface area contributed by atoms with Crippen molar-refractivity contribution < 1.29 is 9.84 Å². The predicted molar refractivity (Wildman–Crippen MR) is 78.0 cm³/mol. The van der Waals surface area contributed by atoms with Crippen LogP contribution in [0.1, 0.15) is 25.7 Å². The van der Waals surface area contributed by atoms with E-state index in [1.165, 1.54) is 0 Å². The Labute approximate surface area is 118 Å². The van der Waals surface area contributed by atoms with Crippen LogP contribution in [-0.4, -0.2) is 34.3 Å². The lowest BCUT2D eigenvalue weighted by Gasteiger charge is -2.26. The van der Waals surface area contributed by atoms with Crippen molar-refractivity contribution in [2.75, 3.05) is 12.4 Å². The van der Waals surface area contributed by atoms with E-state index < -0.39 is 0 Å². The van der Waals surface area contributed by atoms with E-state index in [0.717, 1.165) is 42.3 Å². The fourth-order valence-corrected chi connectivity index (χ4v) is 2.60. The molecule has 0 bridgehead atoms. The van der Waals surface area contributed by atoms with Gasteiger partial charge in [-0.1, -0.05) is 0 Å². The van der Waals surface area contributed by atoms with Crippen molar-refractivity contribution in [1.82, 2.24) is 9.97 Å². The van der Waals surface area contributed by atoms with Crippen LogP contribution in [0.25, 0.3) is 10.9 Å². The molecule has 1 saturated carbocycles. The number of hydrogen-bond donors (Lipinski definition) is 2. The summed E-state index contributed by atoms with van der Waals surface area (Å²) in [7, 11) is 1.65. The summed E-state index contributed by atoms with van der Waals surface area (Å²) in [6, 6.07) is 6.12. The SMILES string of the molecule is COc1ccc2cnc(N[C@H]3CC[C@H](O)CC3)nc2c1. The van der Waals surface area contributed by atoms with Crippen molar-refractivity contribution in [3.8, 4) is 5.75 Å². The van der Waals surface area contributed by atoms with Gasteiger partial charge in [0, 0.05) is 23.7 Å². The van der Waals surface area contributed by atoms with E-state index in [1.54, 1.807) is 7.11 Å². The Bertz CT molecular complexity index is 595. The first kappa shape index (κ1) is 13.1. The summed E-state index contributed by atoms with van der Waals surface area (Å²) in [5.41, 5.74) is 0.873. The fraction of sp³-hybridized carbons (Fsp3) is 0.467. The average Bonchev–Trinajstić information content (AvgIpc) is 2.49. The van der Waals surface area contributed by atoms with Gasteiger partial charge < -0.3 is 15.2 Å². The number of aliphatic hydroxyl groups is 1. The van der Waals surface area contributed by atoms with Gasteiger partial charge in [0.05, 0.1) is 18.7 Å². The molecular formula is C15H19N3O2. The molecule has 0 unspecified atom stereocenters. The molecule has 2 N–H and O–H groups in total. The number of anilines is 1. The van der Waals surface area contributed by atoms with E-state index >= 15 is 0 Å². The van der Waals surface area contributed by atoms with Crippen LogP contribution in [0.15, 0.2) is 24.4 Å². The van der Waals surface area contributed by atoms with Gasteiger partial charge in [0.15, 0.2) is 0 Å². The highest BCUT2D eigenvalue weighted by molar-refractivity contribution is 5.80. The number of aliphatic hydroxyl groups excluding tert-OH is 1. The molecular weight excluding hydrogens is 254 g/mol. The summed E-state index contributed by atoms with van der Waals surface area (Å²) in [5.74, 6) is 1.44. The van der Waals surface area contributed by atoms with Gasteiger partial charge in [0.1, 0.15) is 5.75 Å². The van der Waals surface area contributed by atoms with E-state index in [2.05, 4.69) is 15.3 Å². The number of benzene rings is 1. The second kappa shape index (κ2) is 5.63. The number of aromatic nitrogens is 2. The van der Waals surface area contributed by atoms with Gasteiger partial charge in [0.25, 0.3) is 0 Å². The van der Waals surface area contributed by atoms with E-state index in [-0.39, 0.29) is 6.10 Å². The smallest absolute Gasteiger partial charge is 0.223 e. The zero-order chi connectivity index (χ0) is 13.9. The number of ether oxygens (including phenoxy) is 1. The molecule has 1 aromatic heterocycles. The zero-order valence-corrected chi connectivity index (χ0v) is 11.5. The number of hydrogen-bond acceptors (Lipinski definition) is 5. The Morgan fingerprint density at radius 1 is 1.25 bits per heavy atom. The topological polar surface area (TPSA) is 67.3 Å². The van der Waals surface area contributed by atoms with Crippen LogP contribution < -0.4 is 10.1 Å². The molecule has 1 heterocycles. The van der Waals surface area contributed by atoms with Crippen molar-refractivity contribution in [2.45, 2.75) is 37.8 Å². The first-order valence-corrected chi connectivity index (χ1v) is 7.00. The Kier molecular flexibility index (Phi) is 3.69. The van der Waals surface area contributed by atoms with Gasteiger partial charge >= 0.3 is 0 Å². The molecule has 5 nitrogen and oxygen atoms in total. The number of nitrogens with zero attached hydrogens (tertiary/aromatic N) is 2. The van der Waals surface area contributed by atoms with Crippen LogP contribution in [0.3, 0.4) is 0 Å². The molecule has 20 heavy (non-hydrogen) atoms. The highest BCUT2D eigenvalue weighted by Crippen LogP contribution is 2.23. The van der Waals surface area contributed by atoms with Crippen molar-refractivity contribution in [3.05, 3.63) is 24.4 Å². The summed E-state index contributed by atoms with van der Waals surface area (Å²) in [4.78, 5) is 8.88. The molecule has 0 saturated heterocycles. The standard InChI is InChI=1S/C15H19N3O2/c1-20-13-7-2-10-9-16-15(18-14(10)8-13)17-11-3-5-12(19)6-4-11/h2,7-9,11-12,19H,3-6H2,1H3,(H,16,17,18)/t11-,12-. The highest BCUT2D eigenvalue weighted by atomic mass is 16.5. The third kappa shape index (κ3) is 2.82. The van der Waals surface area contributed by atoms with E-state index in [0.29, 0.717) is 12.0 Å². The van der Waals surface area contributed by atoms with Gasteiger partial charge in [-0.25, -0.2) is 9.97 Å². The molecule has 0 spiro atoms. The number of nitrogens with one attached hydrogen (secondary N) is 1. The molecule has 1 aliphatic carbocycles. The van der Waals surface area contributed by atoms with E-state index in [4.69, 9.17) is 4.74 Å². The molecule has 1 aromatic carbocycles. The predicted octanol–water partition coefficient (Wildman–Crippen LogP) is 2.35. The van der Waals surface area contributed by atoms with Gasteiger partial charge in [-0.3, -0.25) is 0 Å². The molecule has 0 amide bonds. The summed E-state index contributed by atoms with van der Waals surface area (Å²) in [5, 5.41) is 13.9. The zero-order valence-electron chi connectivity index (χ0n) is 11.5. The van der Waals surface area contributed by atoms with Gasteiger partial charge in [0.2, 0.25) is 5.95 Å². The Morgan fingerprint density at radius 3 is 2.80 bits per heavy atom. The maximum Gasteiger partial charge on any atom is 0.223 e. The van der Waals surface area contributed by atoms with Crippen LogP contribution in [0, 0.1) is 0 Å². The van der Waals surface area contributed by atoms with E-state index in [9.17, 15) is 5.11 Å². The largest absolute Gasteiger partial charge is 0.497 e. The minimum absolute atomic E-state index is 0.144. The maximum atomic E-state index is 9.52. The van der Waals surface area contributed by atoms with Crippen LogP contribution >= 0.6 is 0 Å². The van der Waals surface area contributed by atoms with Gasteiger partial charge in [-0.2, -0.15) is 0 Å². The lowest BCUT2D eigenvalue weighted by Crippen LogP contribution is -2.28. The monoisotopic (exact) mass is 273 g/mol. The Balaban J connectivity index is 1.78. The van der Waals surface area contributed by atoms with Gasteiger partial charge in [-0.05, 0) is 37.8 Å². The van der Waals surface area contributed by atoms with Crippen molar-refractivity contribution in [2.24, 2.45) is 0 Å². The molecule has 0 atom stereocenters. The minimum Gasteiger partial charge on any atom is -0.497 e. The van der Waals surface area contributed by atoms with Crippen LogP contribution in [0.4, 0.5) is 5.95 Å². The molecule has 5 heteroatoms. The molecule has 1 fully saturated rings. The first-order valence-electron chi connectivity index (χ1n) is 7.00. The first-order chi connectivity index (χ1) is 9.74. The minimum atomic E-state index is -0.144.